The van der Waals surface area contributed by atoms with Crippen LogP contribution in [0, 0.1) is 6.92 Å². The Hall–Kier alpha value is -2.50. The summed E-state index contributed by atoms with van der Waals surface area (Å²) in [5, 5.41) is 19.1. The van der Waals surface area contributed by atoms with Gasteiger partial charge in [-0.3, -0.25) is 4.40 Å². The fraction of sp³-hybridized carbons (Fsp3) is 0.167. The van der Waals surface area contributed by atoms with Gasteiger partial charge in [0.15, 0.2) is 11.5 Å². The third-order valence-corrected chi connectivity index (χ3v) is 4.44. The molecule has 0 amide bonds. The SMILES string of the molecule is Cc1nc2ccc(C(C)O)cc2n2c(-c3ccccc3Cl)nnc12. The predicted octanol–water partition coefficient (Wildman–Crippen LogP) is 3.96. The summed E-state index contributed by atoms with van der Waals surface area (Å²) in [6.45, 7) is 3.64. The average Bonchev–Trinajstić information content (AvgIpc) is 3.01. The number of hydrogen-bond donors (Lipinski definition) is 1. The summed E-state index contributed by atoms with van der Waals surface area (Å²) in [5.74, 6) is 0.661. The Morgan fingerprint density at radius 1 is 1.12 bits per heavy atom. The fourth-order valence-corrected chi connectivity index (χ4v) is 3.09. The van der Waals surface area contributed by atoms with Crippen LogP contribution in [0.1, 0.15) is 24.3 Å². The lowest BCUT2D eigenvalue weighted by Crippen LogP contribution is -2.00. The zero-order chi connectivity index (χ0) is 16.8. The molecule has 0 radical (unpaired) electrons. The van der Waals surface area contributed by atoms with Gasteiger partial charge >= 0.3 is 0 Å². The number of fused-ring (bicyclic) bond motifs is 3. The summed E-state index contributed by atoms with van der Waals surface area (Å²) in [6, 6.07) is 13.2. The Kier molecular flexibility index (Phi) is 3.48. The van der Waals surface area contributed by atoms with E-state index in [2.05, 4.69) is 15.2 Å². The zero-order valence-electron chi connectivity index (χ0n) is 13.2. The molecule has 0 saturated carbocycles. The second-order valence-electron chi connectivity index (χ2n) is 5.78. The van der Waals surface area contributed by atoms with E-state index in [9.17, 15) is 5.11 Å². The Morgan fingerprint density at radius 3 is 2.67 bits per heavy atom. The Labute approximate surface area is 143 Å². The van der Waals surface area contributed by atoms with Gasteiger partial charge in [0.1, 0.15) is 0 Å². The highest BCUT2D eigenvalue weighted by Gasteiger charge is 2.17. The van der Waals surface area contributed by atoms with Gasteiger partial charge in [-0.25, -0.2) is 4.98 Å². The maximum atomic E-state index is 9.91. The molecule has 0 aliphatic heterocycles. The van der Waals surface area contributed by atoms with Crippen molar-refractivity contribution >= 4 is 28.3 Å². The van der Waals surface area contributed by atoms with E-state index in [0.717, 1.165) is 27.9 Å². The molecule has 0 fully saturated rings. The van der Waals surface area contributed by atoms with Crippen molar-refractivity contribution < 1.29 is 5.11 Å². The summed E-state index contributed by atoms with van der Waals surface area (Å²) in [4.78, 5) is 4.60. The molecule has 120 valence electrons. The minimum Gasteiger partial charge on any atom is -0.389 e. The molecule has 0 bridgehead atoms. The van der Waals surface area contributed by atoms with E-state index in [0.29, 0.717) is 16.5 Å². The lowest BCUT2D eigenvalue weighted by Gasteiger charge is -2.10. The smallest absolute Gasteiger partial charge is 0.183 e. The number of aryl methyl sites for hydroxylation is 1. The van der Waals surface area contributed by atoms with Crippen molar-refractivity contribution in [2.75, 3.05) is 0 Å². The molecule has 24 heavy (non-hydrogen) atoms. The molecular weight excluding hydrogens is 324 g/mol. The molecule has 2 aromatic heterocycles. The van der Waals surface area contributed by atoms with Crippen LogP contribution in [-0.4, -0.2) is 24.7 Å². The number of rotatable bonds is 2. The summed E-state index contributed by atoms with van der Waals surface area (Å²) in [6.07, 6.45) is -0.564. The van der Waals surface area contributed by atoms with Crippen molar-refractivity contribution in [1.82, 2.24) is 19.6 Å². The fourth-order valence-electron chi connectivity index (χ4n) is 2.87. The molecule has 6 heteroatoms. The number of aromatic nitrogens is 4. The van der Waals surface area contributed by atoms with E-state index in [1.54, 1.807) is 6.92 Å². The number of nitrogens with zero attached hydrogens (tertiary/aromatic N) is 4. The highest BCUT2D eigenvalue weighted by atomic mass is 35.5. The first kappa shape index (κ1) is 15.1. The molecule has 2 aromatic carbocycles. The molecule has 5 nitrogen and oxygen atoms in total. The maximum absolute atomic E-state index is 9.91. The molecule has 0 spiro atoms. The molecule has 0 aliphatic rings. The van der Waals surface area contributed by atoms with Gasteiger partial charge in [0.25, 0.3) is 0 Å². The van der Waals surface area contributed by atoms with Crippen LogP contribution in [0.5, 0.6) is 0 Å². The van der Waals surface area contributed by atoms with Crippen LogP contribution in [0.2, 0.25) is 5.02 Å². The number of benzene rings is 2. The molecule has 1 N–H and O–H groups in total. The Morgan fingerprint density at radius 2 is 1.92 bits per heavy atom. The van der Waals surface area contributed by atoms with Crippen molar-refractivity contribution in [3.63, 3.8) is 0 Å². The Balaban J connectivity index is 2.14. The molecule has 1 unspecified atom stereocenters. The molecule has 1 atom stereocenters. The standard InChI is InChI=1S/C18H15ClN4O/c1-10-17-21-22-18(13-5-3-4-6-14(13)19)23(17)16-9-12(11(2)24)7-8-15(16)20-10/h3-9,11,24H,1-2H3. The third kappa shape index (κ3) is 2.25. The van der Waals surface area contributed by atoms with Crippen molar-refractivity contribution in [1.29, 1.82) is 0 Å². The van der Waals surface area contributed by atoms with E-state index in [4.69, 9.17) is 11.6 Å². The van der Waals surface area contributed by atoms with Gasteiger partial charge in [0.05, 0.1) is 27.9 Å². The molecule has 2 heterocycles. The van der Waals surface area contributed by atoms with E-state index in [1.165, 1.54) is 0 Å². The average molecular weight is 339 g/mol. The van der Waals surface area contributed by atoms with Crippen LogP contribution >= 0.6 is 11.6 Å². The van der Waals surface area contributed by atoms with Crippen LogP contribution in [0.25, 0.3) is 28.1 Å². The molecular formula is C18H15ClN4O. The molecule has 4 rings (SSSR count). The van der Waals surface area contributed by atoms with Gasteiger partial charge in [-0.15, -0.1) is 10.2 Å². The summed E-state index contributed by atoms with van der Waals surface area (Å²) < 4.78 is 1.95. The van der Waals surface area contributed by atoms with Gasteiger partial charge < -0.3 is 5.11 Å². The van der Waals surface area contributed by atoms with Gasteiger partial charge in [0, 0.05) is 5.56 Å². The Bertz CT molecular complexity index is 1070. The second-order valence-corrected chi connectivity index (χ2v) is 6.19. The quantitative estimate of drug-likeness (QED) is 0.601. The van der Waals surface area contributed by atoms with E-state index >= 15 is 0 Å². The van der Waals surface area contributed by atoms with E-state index in [1.807, 2.05) is 53.8 Å². The minimum absolute atomic E-state index is 0.564. The first-order chi connectivity index (χ1) is 11.6. The molecule has 0 aliphatic carbocycles. The topological polar surface area (TPSA) is 63.3 Å². The van der Waals surface area contributed by atoms with Crippen LogP contribution in [0.4, 0.5) is 0 Å². The summed E-state index contributed by atoms with van der Waals surface area (Å²) >= 11 is 6.35. The number of aliphatic hydroxyl groups is 1. The van der Waals surface area contributed by atoms with Gasteiger partial charge in [-0.05, 0) is 43.7 Å². The van der Waals surface area contributed by atoms with Crippen LogP contribution in [0.15, 0.2) is 42.5 Å². The third-order valence-electron chi connectivity index (χ3n) is 4.11. The minimum atomic E-state index is -0.564. The largest absolute Gasteiger partial charge is 0.389 e. The molecule has 0 saturated heterocycles. The number of aliphatic hydroxyl groups excluding tert-OH is 1. The van der Waals surface area contributed by atoms with Gasteiger partial charge in [0.2, 0.25) is 0 Å². The van der Waals surface area contributed by atoms with Crippen molar-refractivity contribution in [2.24, 2.45) is 0 Å². The van der Waals surface area contributed by atoms with Crippen molar-refractivity contribution in [3.8, 4) is 11.4 Å². The van der Waals surface area contributed by atoms with Crippen molar-refractivity contribution in [3.05, 3.63) is 58.7 Å². The monoisotopic (exact) mass is 338 g/mol. The summed E-state index contributed by atoms with van der Waals surface area (Å²) in [7, 11) is 0. The lowest BCUT2D eigenvalue weighted by molar-refractivity contribution is 0.199. The van der Waals surface area contributed by atoms with E-state index in [-0.39, 0.29) is 0 Å². The number of halogens is 1. The first-order valence-corrected chi connectivity index (χ1v) is 8.02. The normalized spacial score (nSPS) is 12.8. The van der Waals surface area contributed by atoms with Gasteiger partial charge in [-0.2, -0.15) is 0 Å². The number of hydrogen-bond acceptors (Lipinski definition) is 4. The maximum Gasteiger partial charge on any atom is 0.183 e. The second kappa shape index (κ2) is 5.54. The van der Waals surface area contributed by atoms with Gasteiger partial charge in [-0.1, -0.05) is 29.8 Å². The predicted molar refractivity (Wildman–Crippen MR) is 94.1 cm³/mol. The van der Waals surface area contributed by atoms with Crippen LogP contribution < -0.4 is 0 Å². The zero-order valence-corrected chi connectivity index (χ0v) is 14.0. The highest BCUT2D eigenvalue weighted by Crippen LogP contribution is 2.30. The summed E-state index contributed by atoms with van der Waals surface area (Å²) in [5.41, 5.74) is 4.75. The lowest BCUT2D eigenvalue weighted by atomic mass is 10.1. The highest BCUT2D eigenvalue weighted by molar-refractivity contribution is 6.33. The van der Waals surface area contributed by atoms with E-state index < -0.39 is 6.10 Å². The molecule has 4 aromatic rings. The first-order valence-electron chi connectivity index (χ1n) is 7.64. The van der Waals surface area contributed by atoms with Crippen LogP contribution in [-0.2, 0) is 0 Å². The van der Waals surface area contributed by atoms with Crippen molar-refractivity contribution in [2.45, 2.75) is 20.0 Å². The van der Waals surface area contributed by atoms with Crippen LogP contribution in [0.3, 0.4) is 0 Å².